The van der Waals surface area contributed by atoms with Crippen molar-refractivity contribution in [1.82, 2.24) is 4.90 Å². The third-order valence-electron chi connectivity index (χ3n) is 3.59. The van der Waals surface area contributed by atoms with Crippen LogP contribution in [0.3, 0.4) is 0 Å². The van der Waals surface area contributed by atoms with Crippen molar-refractivity contribution in [3.05, 3.63) is 28.0 Å². The Labute approximate surface area is 127 Å². The lowest BCUT2D eigenvalue weighted by Crippen LogP contribution is -2.40. The maximum absolute atomic E-state index is 12.6. The first kappa shape index (κ1) is 15.7. The Kier molecular flexibility index (Phi) is 5.52. The molecule has 1 fully saturated rings. The van der Waals surface area contributed by atoms with Gasteiger partial charge in [-0.2, -0.15) is 0 Å². The number of aliphatic hydroxyl groups is 1. The second-order valence-corrected chi connectivity index (χ2v) is 6.15. The van der Waals surface area contributed by atoms with E-state index < -0.39 is 5.97 Å². The fourth-order valence-electron chi connectivity index (χ4n) is 2.63. The Hall–Kier alpha value is -1.66. The van der Waals surface area contributed by atoms with Crippen LogP contribution in [0.15, 0.2) is 18.2 Å². The number of thiophene rings is 1. The van der Waals surface area contributed by atoms with Crippen LogP contribution in [0, 0.1) is 0 Å². The van der Waals surface area contributed by atoms with Gasteiger partial charge in [0.2, 0.25) is 0 Å². The smallest absolute Gasteiger partial charge is 0.328 e. The van der Waals surface area contributed by atoms with Gasteiger partial charge in [-0.3, -0.25) is 4.79 Å². The van der Waals surface area contributed by atoms with Gasteiger partial charge in [-0.05, 0) is 31.1 Å². The van der Waals surface area contributed by atoms with E-state index in [-0.39, 0.29) is 18.6 Å². The maximum Gasteiger partial charge on any atom is 0.328 e. The molecule has 0 bridgehead atoms. The molecule has 2 N–H and O–H groups in total. The van der Waals surface area contributed by atoms with Gasteiger partial charge in [-0.1, -0.05) is 12.8 Å². The number of carboxylic acids is 1. The lowest BCUT2D eigenvalue weighted by atomic mass is 10.2. The first-order valence-electron chi connectivity index (χ1n) is 7.04. The number of amides is 1. The fraction of sp³-hybridized carbons (Fsp3) is 0.467. The molecule has 0 spiro atoms. The van der Waals surface area contributed by atoms with E-state index in [4.69, 9.17) is 5.11 Å². The molecule has 5 nitrogen and oxygen atoms in total. The van der Waals surface area contributed by atoms with E-state index in [9.17, 15) is 14.7 Å². The van der Waals surface area contributed by atoms with Crippen molar-refractivity contribution in [3.63, 3.8) is 0 Å². The lowest BCUT2D eigenvalue weighted by Gasteiger charge is -2.27. The molecule has 0 aliphatic heterocycles. The Balaban J connectivity index is 2.11. The molecular weight excluding hydrogens is 290 g/mol. The average molecular weight is 309 g/mol. The summed E-state index contributed by atoms with van der Waals surface area (Å²) in [5.41, 5.74) is 0. The van der Waals surface area contributed by atoms with Crippen LogP contribution in [0.4, 0.5) is 0 Å². The Morgan fingerprint density at radius 3 is 2.67 bits per heavy atom. The van der Waals surface area contributed by atoms with E-state index in [1.165, 1.54) is 17.4 Å². The SMILES string of the molecule is O=C(O)C=Cc1ccc(C(=O)N(CCO)C2CCCC2)s1. The van der Waals surface area contributed by atoms with Gasteiger partial charge in [-0.15, -0.1) is 11.3 Å². The molecule has 114 valence electrons. The molecule has 0 saturated heterocycles. The number of nitrogens with zero attached hydrogens (tertiary/aromatic N) is 1. The molecule has 0 atom stereocenters. The molecule has 6 heteroatoms. The highest BCUT2D eigenvalue weighted by Gasteiger charge is 2.27. The normalized spacial score (nSPS) is 15.7. The monoisotopic (exact) mass is 309 g/mol. The van der Waals surface area contributed by atoms with Gasteiger partial charge in [0.05, 0.1) is 11.5 Å². The molecule has 1 aromatic rings. The molecule has 0 radical (unpaired) electrons. The Bertz CT molecular complexity index is 532. The molecule has 1 amide bonds. The molecule has 1 aromatic heterocycles. The minimum Gasteiger partial charge on any atom is -0.478 e. The van der Waals surface area contributed by atoms with Gasteiger partial charge in [0.15, 0.2) is 0 Å². The summed E-state index contributed by atoms with van der Waals surface area (Å²) < 4.78 is 0. The van der Waals surface area contributed by atoms with Gasteiger partial charge in [0.1, 0.15) is 0 Å². The number of hydrogen-bond acceptors (Lipinski definition) is 4. The van der Waals surface area contributed by atoms with E-state index in [2.05, 4.69) is 0 Å². The summed E-state index contributed by atoms with van der Waals surface area (Å²) in [5.74, 6) is -1.08. The maximum atomic E-state index is 12.6. The van der Waals surface area contributed by atoms with Crippen LogP contribution in [-0.2, 0) is 4.79 Å². The standard InChI is InChI=1S/C15H19NO4S/c17-10-9-16(11-3-1-2-4-11)15(20)13-7-5-12(21-13)6-8-14(18)19/h5-8,11,17H,1-4,9-10H2,(H,18,19). The van der Waals surface area contributed by atoms with Crippen molar-refractivity contribution in [2.24, 2.45) is 0 Å². The second-order valence-electron chi connectivity index (χ2n) is 5.03. The first-order valence-corrected chi connectivity index (χ1v) is 7.86. The predicted molar refractivity (Wildman–Crippen MR) is 81.4 cm³/mol. The lowest BCUT2D eigenvalue weighted by molar-refractivity contribution is -0.131. The molecule has 2 rings (SSSR count). The fourth-order valence-corrected chi connectivity index (χ4v) is 3.49. The van der Waals surface area contributed by atoms with Crippen molar-refractivity contribution in [2.75, 3.05) is 13.2 Å². The second kappa shape index (κ2) is 7.38. The summed E-state index contributed by atoms with van der Waals surface area (Å²) in [5, 5.41) is 17.8. The number of carboxylic acid groups (broad SMARTS) is 1. The Morgan fingerprint density at radius 1 is 1.33 bits per heavy atom. The molecule has 1 aliphatic rings. The van der Waals surface area contributed by atoms with Crippen molar-refractivity contribution >= 4 is 29.3 Å². The summed E-state index contributed by atoms with van der Waals surface area (Å²) in [6.45, 7) is 0.307. The predicted octanol–water partition coefficient (Wildman–Crippen LogP) is 2.22. The van der Waals surface area contributed by atoms with Gasteiger partial charge in [0.25, 0.3) is 5.91 Å². The summed E-state index contributed by atoms with van der Waals surface area (Å²) in [4.78, 5) is 26.1. The van der Waals surface area contributed by atoms with E-state index in [1.807, 2.05) is 0 Å². The largest absolute Gasteiger partial charge is 0.478 e. The third kappa shape index (κ3) is 4.15. The van der Waals surface area contributed by atoms with Crippen LogP contribution in [0.25, 0.3) is 6.08 Å². The van der Waals surface area contributed by atoms with E-state index in [1.54, 1.807) is 17.0 Å². The van der Waals surface area contributed by atoms with Crippen LogP contribution >= 0.6 is 11.3 Å². The first-order chi connectivity index (χ1) is 10.1. The molecule has 1 saturated carbocycles. The number of carbonyl (C=O) groups excluding carboxylic acids is 1. The third-order valence-corrected chi connectivity index (χ3v) is 4.63. The topological polar surface area (TPSA) is 77.8 Å². The van der Waals surface area contributed by atoms with Gasteiger partial charge < -0.3 is 15.1 Å². The summed E-state index contributed by atoms with van der Waals surface area (Å²) >= 11 is 1.27. The van der Waals surface area contributed by atoms with Crippen LogP contribution in [-0.4, -0.2) is 46.2 Å². The van der Waals surface area contributed by atoms with Gasteiger partial charge >= 0.3 is 5.97 Å². The highest BCUT2D eigenvalue weighted by Crippen LogP contribution is 2.27. The minimum absolute atomic E-state index is 0.0423. The average Bonchev–Trinajstić information content (AvgIpc) is 3.12. The van der Waals surface area contributed by atoms with Crippen molar-refractivity contribution < 1.29 is 19.8 Å². The highest BCUT2D eigenvalue weighted by molar-refractivity contribution is 7.14. The number of carbonyl (C=O) groups is 2. The van der Waals surface area contributed by atoms with Crippen molar-refractivity contribution in [3.8, 4) is 0 Å². The van der Waals surface area contributed by atoms with Crippen LogP contribution in [0.1, 0.15) is 40.2 Å². The number of aliphatic carboxylic acids is 1. The molecular formula is C15H19NO4S. The van der Waals surface area contributed by atoms with Crippen LogP contribution < -0.4 is 0 Å². The van der Waals surface area contributed by atoms with Crippen LogP contribution in [0.2, 0.25) is 0 Å². The Morgan fingerprint density at radius 2 is 2.05 bits per heavy atom. The molecule has 1 aliphatic carbocycles. The summed E-state index contributed by atoms with van der Waals surface area (Å²) in [7, 11) is 0. The molecule has 21 heavy (non-hydrogen) atoms. The van der Waals surface area contributed by atoms with Gasteiger partial charge in [0, 0.05) is 23.5 Å². The highest BCUT2D eigenvalue weighted by atomic mass is 32.1. The van der Waals surface area contributed by atoms with Gasteiger partial charge in [-0.25, -0.2) is 4.79 Å². The minimum atomic E-state index is -1.01. The molecule has 1 heterocycles. The number of hydrogen-bond donors (Lipinski definition) is 2. The van der Waals surface area contributed by atoms with Crippen molar-refractivity contribution in [1.29, 1.82) is 0 Å². The number of aliphatic hydroxyl groups excluding tert-OH is 1. The van der Waals surface area contributed by atoms with Crippen molar-refractivity contribution in [2.45, 2.75) is 31.7 Å². The molecule has 0 unspecified atom stereocenters. The summed E-state index contributed by atoms with van der Waals surface area (Å²) in [6.07, 6.45) is 6.76. The zero-order valence-electron chi connectivity index (χ0n) is 11.7. The number of rotatable bonds is 6. The van der Waals surface area contributed by atoms with Crippen LogP contribution in [0.5, 0.6) is 0 Å². The molecule has 0 aromatic carbocycles. The van der Waals surface area contributed by atoms with E-state index >= 15 is 0 Å². The zero-order chi connectivity index (χ0) is 15.2. The summed E-state index contributed by atoms with van der Waals surface area (Å²) in [6, 6.07) is 3.67. The quantitative estimate of drug-likeness (QED) is 0.790. The zero-order valence-corrected chi connectivity index (χ0v) is 12.5. The van der Waals surface area contributed by atoms with E-state index in [0.717, 1.165) is 36.6 Å². The van der Waals surface area contributed by atoms with E-state index in [0.29, 0.717) is 11.4 Å².